The number of piperazine rings is 1. The second kappa shape index (κ2) is 12.8. The van der Waals surface area contributed by atoms with Gasteiger partial charge in [0.25, 0.3) is 11.5 Å². The highest BCUT2D eigenvalue weighted by molar-refractivity contribution is 6.41. The Balaban J connectivity index is 1.20. The van der Waals surface area contributed by atoms with Crippen molar-refractivity contribution in [1.29, 1.82) is 0 Å². The maximum atomic E-state index is 13.5. The van der Waals surface area contributed by atoms with Gasteiger partial charge in [0.2, 0.25) is 5.78 Å². The predicted octanol–water partition coefficient (Wildman–Crippen LogP) is 5.46. The summed E-state index contributed by atoms with van der Waals surface area (Å²) in [5, 5.41) is 13.3. The molecule has 0 unspecified atom stereocenters. The van der Waals surface area contributed by atoms with E-state index in [2.05, 4.69) is 29.2 Å². The number of anilines is 1. The first-order valence-electron chi connectivity index (χ1n) is 14.7. The Morgan fingerprint density at radius 2 is 1.36 bits per heavy atom. The lowest BCUT2D eigenvalue weighted by Gasteiger charge is -2.36. The van der Waals surface area contributed by atoms with Crippen molar-refractivity contribution in [1.82, 2.24) is 9.47 Å². The van der Waals surface area contributed by atoms with Crippen LogP contribution in [0.15, 0.2) is 126 Å². The first-order chi connectivity index (χ1) is 21.5. The summed E-state index contributed by atoms with van der Waals surface area (Å²) in [4.78, 5) is 43.4. The molecular formula is C37H33N3O4. The lowest BCUT2D eigenvalue weighted by molar-refractivity contribution is -0.142. The fourth-order valence-corrected chi connectivity index (χ4v) is 5.76. The van der Waals surface area contributed by atoms with Crippen molar-refractivity contribution < 1.29 is 14.7 Å². The van der Waals surface area contributed by atoms with Crippen LogP contribution in [0.3, 0.4) is 0 Å². The molecule has 4 aromatic carbocycles. The second-order valence-electron chi connectivity index (χ2n) is 11.0. The van der Waals surface area contributed by atoms with E-state index in [9.17, 15) is 19.5 Å². The van der Waals surface area contributed by atoms with E-state index in [1.165, 1.54) is 9.47 Å². The number of ketones is 1. The minimum absolute atomic E-state index is 0.0173. The number of carbonyl (C=O) groups excluding carboxylic acids is 2. The summed E-state index contributed by atoms with van der Waals surface area (Å²) in [5.74, 6) is -2.07. The molecule has 7 nitrogen and oxygen atoms in total. The lowest BCUT2D eigenvalue weighted by atomic mass is 10.0. The first kappa shape index (κ1) is 28.7. The Bertz CT molecular complexity index is 1880. The monoisotopic (exact) mass is 583 g/mol. The topological polar surface area (TPSA) is 82.8 Å². The van der Waals surface area contributed by atoms with E-state index in [0.29, 0.717) is 39.1 Å². The highest BCUT2D eigenvalue weighted by Crippen LogP contribution is 2.27. The standard InChI is InChI=1S/C37H33N3O4/c41-34(24-35(42)37(44)39-20-18-38(19-21-39)33-17-9-15-30-14-7-8-16-31(30)33)32-23-29(22-27-10-3-1-4-11-27)26-40(36(32)43)25-28-12-5-2-6-13-28/h1-17,23-24,26,41H,18-22,25H2. The van der Waals surface area contributed by atoms with Crippen LogP contribution in [0.4, 0.5) is 5.69 Å². The summed E-state index contributed by atoms with van der Waals surface area (Å²) in [6.45, 7) is 2.21. The molecule has 1 fully saturated rings. The quantitative estimate of drug-likeness (QED) is 0.149. The maximum absolute atomic E-state index is 13.5. The average Bonchev–Trinajstić information content (AvgIpc) is 3.06. The molecule has 1 saturated heterocycles. The minimum atomic E-state index is -0.858. The smallest absolute Gasteiger partial charge is 0.294 e. The number of hydrogen-bond donors (Lipinski definition) is 1. The van der Waals surface area contributed by atoms with Crippen LogP contribution in [0.2, 0.25) is 0 Å². The van der Waals surface area contributed by atoms with Crippen LogP contribution in [0, 0.1) is 0 Å². The summed E-state index contributed by atoms with van der Waals surface area (Å²) in [6, 6.07) is 35.3. The van der Waals surface area contributed by atoms with Crippen LogP contribution in [0.25, 0.3) is 16.5 Å². The van der Waals surface area contributed by atoms with Gasteiger partial charge in [-0.25, -0.2) is 0 Å². The molecule has 0 aliphatic carbocycles. The van der Waals surface area contributed by atoms with Gasteiger partial charge in [-0.2, -0.15) is 0 Å². The summed E-state index contributed by atoms with van der Waals surface area (Å²) in [7, 11) is 0. The molecule has 220 valence electrons. The molecule has 1 aromatic heterocycles. The molecule has 6 rings (SSSR count). The van der Waals surface area contributed by atoms with Gasteiger partial charge < -0.3 is 19.5 Å². The number of carbonyl (C=O) groups is 2. The fraction of sp³-hybridized carbons (Fsp3) is 0.162. The van der Waals surface area contributed by atoms with Crippen molar-refractivity contribution in [3.05, 3.63) is 154 Å². The second-order valence-corrected chi connectivity index (χ2v) is 11.0. The van der Waals surface area contributed by atoms with Crippen LogP contribution < -0.4 is 10.5 Å². The van der Waals surface area contributed by atoms with Crippen LogP contribution in [0.1, 0.15) is 22.3 Å². The van der Waals surface area contributed by atoms with Crippen molar-refractivity contribution in [3.8, 4) is 0 Å². The molecule has 0 radical (unpaired) electrons. The highest BCUT2D eigenvalue weighted by atomic mass is 16.3. The number of hydrogen-bond acceptors (Lipinski definition) is 5. The zero-order chi connectivity index (χ0) is 30.5. The zero-order valence-electron chi connectivity index (χ0n) is 24.3. The van der Waals surface area contributed by atoms with Crippen molar-refractivity contribution in [2.45, 2.75) is 13.0 Å². The fourth-order valence-electron chi connectivity index (χ4n) is 5.76. The van der Waals surface area contributed by atoms with Gasteiger partial charge in [0.15, 0.2) is 0 Å². The number of aliphatic hydroxyl groups excluding tert-OH is 1. The number of rotatable bonds is 8. The summed E-state index contributed by atoms with van der Waals surface area (Å²) in [5.41, 5.74) is 3.40. The average molecular weight is 584 g/mol. The number of benzene rings is 4. The van der Waals surface area contributed by atoms with Crippen molar-refractivity contribution >= 4 is 33.9 Å². The van der Waals surface area contributed by atoms with Gasteiger partial charge in [0, 0.05) is 49.5 Å². The van der Waals surface area contributed by atoms with E-state index in [1.807, 2.05) is 78.9 Å². The van der Waals surface area contributed by atoms with Gasteiger partial charge in [-0.1, -0.05) is 97.1 Å². The molecule has 1 N–H and O–H groups in total. The van der Waals surface area contributed by atoms with Crippen LogP contribution >= 0.6 is 0 Å². The molecule has 1 aliphatic heterocycles. The lowest BCUT2D eigenvalue weighted by Crippen LogP contribution is -2.50. The Hall–Kier alpha value is -5.43. The van der Waals surface area contributed by atoms with Gasteiger partial charge in [0.05, 0.1) is 12.1 Å². The Morgan fingerprint density at radius 3 is 2.09 bits per heavy atom. The molecule has 1 aliphatic rings. The molecule has 0 saturated carbocycles. The third kappa shape index (κ3) is 6.32. The van der Waals surface area contributed by atoms with E-state index in [0.717, 1.165) is 39.2 Å². The molecule has 2 heterocycles. The third-order valence-electron chi connectivity index (χ3n) is 8.02. The number of amides is 1. The van der Waals surface area contributed by atoms with Crippen LogP contribution in [0.5, 0.6) is 0 Å². The largest absolute Gasteiger partial charge is 0.507 e. The van der Waals surface area contributed by atoms with Crippen molar-refractivity contribution in [2.75, 3.05) is 31.1 Å². The molecular weight excluding hydrogens is 550 g/mol. The van der Waals surface area contributed by atoms with Gasteiger partial charge >= 0.3 is 0 Å². The molecule has 0 spiro atoms. The number of pyridine rings is 1. The molecule has 44 heavy (non-hydrogen) atoms. The van der Waals surface area contributed by atoms with Gasteiger partial charge in [-0.15, -0.1) is 0 Å². The van der Waals surface area contributed by atoms with Gasteiger partial charge in [-0.05, 0) is 40.6 Å². The summed E-state index contributed by atoms with van der Waals surface area (Å²) < 4.78 is 1.53. The highest BCUT2D eigenvalue weighted by Gasteiger charge is 2.26. The summed E-state index contributed by atoms with van der Waals surface area (Å²) >= 11 is 0. The Morgan fingerprint density at radius 1 is 0.727 bits per heavy atom. The SMILES string of the molecule is O=C(C=C(O)c1cc(Cc2ccccc2)cn(Cc2ccccc2)c1=O)C(=O)N1CCN(c2cccc3ccccc23)CC1. The Kier molecular flexibility index (Phi) is 8.36. The Labute approximate surface area is 255 Å². The zero-order valence-corrected chi connectivity index (χ0v) is 24.3. The molecule has 0 atom stereocenters. The third-order valence-corrected chi connectivity index (χ3v) is 8.02. The van der Waals surface area contributed by atoms with Crippen LogP contribution in [-0.2, 0) is 22.6 Å². The first-order valence-corrected chi connectivity index (χ1v) is 14.7. The minimum Gasteiger partial charge on any atom is -0.507 e. The van der Waals surface area contributed by atoms with Crippen molar-refractivity contribution in [3.63, 3.8) is 0 Å². The summed E-state index contributed by atoms with van der Waals surface area (Å²) in [6.07, 6.45) is 3.20. The maximum Gasteiger partial charge on any atom is 0.294 e. The number of aliphatic hydroxyl groups is 1. The molecule has 7 heteroatoms. The van der Waals surface area contributed by atoms with E-state index in [1.54, 1.807) is 12.3 Å². The molecule has 0 bridgehead atoms. The number of aromatic nitrogens is 1. The van der Waals surface area contributed by atoms with Gasteiger partial charge in [0.1, 0.15) is 5.76 Å². The van der Waals surface area contributed by atoms with Crippen LogP contribution in [-0.4, -0.2) is 52.4 Å². The van der Waals surface area contributed by atoms with E-state index in [4.69, 9.17) is 0 Å². The van der Waals surface area contributed by atoms with E-state index < -0.39 is 23.0 Å². The predicted molar refractivity (Wildman–Crippen MR) is 174 cm³/mol. The van der Waals surface area contributed by atoms with E-state index in [-0.39, 0.29) is 5.56 Å². The molecule has 1 amide bonds. The van der Waals surface area contributed by atoms with Gasteiger partial charge in [-0.3, -0.25) is 14.4 Å². The normalized spacial score (nSPS) is 13.7. The number of fused-ring (bicyclic) bond motifs is 1. The van der Waals surface area contributed by atoms with Crippen molar-refractivity contribution in [2.24, 2.45) is 0 Å². The molecule has 5 aromatic rings. The number of nitrogens with zero attached hydrogens (tertiary/aromatic N) is 3. The van der Waals surface area contributed by atoms with E-state index >= 15 is 0 Å².